The third-order valence-electron chi connectivity index (χ3n) is 4.06. The van der Waals surface area contributed by atoms with Crippen LogP contribution in [0.2, 0.25) is 0 Å². The first-order chi connectivity index (χ1) is 11.1. The van der Waals surface area contributed by atoms with E-state index in [-0.39, 0.29) is 0 Å². The molecule has 0 unspecified atom stereocenters. The van der Waals surface area contributed by atoms with Gasteiger partial charge in [-0.05, 0) is 13.0 Å². The summed E-state index contributed by atoms with van der Waals surface area (Å²) in [5.41, 5.74) is 5.48. The van der Waals surface area contributed by atoms with Gasteiger partial charge in [0.05, 0.1) is 0 Å². The topological polar surface area (TPSA) is 80.4 Å². The molecule has 0 atom stereocenters. The molecule has 0 heterocycles. The van der Waals surface area contributed by atoms with Crippen LogP contribution in [0.3, 0.4) is 0 Å². The summed E-state index contributed by atoms with van der Waals surface area (Å²) in [5.74, 6) is 0. The van der Waals surface area contributed by atoms with Crippen LogP contribution >= 0.6 is 0 Å². The molecular weight excluding hydrogens is 310 g/mol. The lowest BCUT2D eigenvalue weighted by atomic mass is 10.0. The van der Waals surface area contributed by atoms with E-state index in [4.69, 9.17) is 18.7 Å². The second-order valence-electron chi connectivity index (χ2n) is 6.33. The van der Waals surface area contributed by atoms with Crippen molar-refractivity contribution in [1.29, 1.82) is 0 Å². The molecule has 0 aromatic carbocycles. The van der Waals surface area contributed by atoms with Crippen LogP contribution in [0.25, 0.3) is 0 Å². The van der Waals surface area contributed by atoms with Crippen LogP contribution in [0.1, 0.15) is 110 Å². The van der Waals surface area contributed by atoms with Gasteiger partial charge in [0.1, 0.15) is 0 Å². The van der Waals surface area contributed by atoms with E-state index in [1.54, 1.807) is 0 Å². The maximum Gasteiger partial charge on any atom is 0.254 e. The van der Waals surface area contributed by atoms with Gasteiger partial charge in [-0.25, -0.2) is 8.42 Å². The summed E-state index contributed by atoms with van der Waals surface area (Å²) in [6, 6.07) is 0. The van der Waals surface area contributed by atoms with E-state index < -0.39 is 11.0 Å². The minimum atomic E-state index is -3.12. The minimum absolute atomic E-state index is 0.873. The zero-order chi connectivity index (χ0) is 17.6. The molecule has 0 spiro atoms. The predicted octanol–water partition coefficient (Wildman–Crippen LogP) is 5.28. The molecule has 0 aliphatic carbocycles. The Hall–Kier alpha value is -0.130. The summed E-state index contributed by atoms with van der Waals surface area (Å²) in [7, 11) is -3.12. The van der Waals surface area contributed by atoms with Crippen molar-refractivity contribution in [2.24, 2.45) is 5.73 Å². The highest BCUT2D eigenvalue weighted by molar-refractivity contribution is 7.66. The zero-order valence-electron chi connectivity index (χ0n) is 15.3. The molecule has 5 heteroatoms. The van der Waals surface area contributed by atoms with Gasteiger partial charge in [0, 0.05) is 0 Å². The lowest BCUT2D eigenvalue weighted by molar-refractivity contribution is 0.509. The Morgan fingerprint density at radius 2 is 0.826 bits per heavy atom. The molecule has 0 rings (SSSR count). The fourth-order valence-electron chi connectivity index (χ4n) is 2.69. The highest BCUT2D eigenvalue weighted by atomic mass is 32.2. The van der Waals surface area contributed by atoms with Crippen LogP contribution in [-0.2, 0) is 11.0 Å². The van der Waals surface area contributed by atoms with E-state index >= 15 is 0 Å². The number of thiol groups is 1. The largest absolute Gasteiger partial charge is 0.330 e. The first-order valence-corrected chi connectivity index (χ1v) is 10.8. The number of unbranched alkanes of at least 4 members (excludes halogenated alkanes) is 15. The Labute approximate surface area is 146 Å². The average Bonchev–Trinajstić information content (AvgIpc) is 2.50. The Morgan fingerprint density at radius 3 is 1.04 bits per heavy atom. The van der Waals surface area contributed by atoms with E-state index in [0.717, 1.165) is 6.54 Å². The molecule has 0 aliphatic heterocycles. The Kier molecular flexibility index (Phi) is 26.3. The van der Waals surface area contributed by atoms with Crippen LogP contribution in [0.15, 0.2) is 0 Å². The van der Waals surface area contributed by atoms with Crippen LogP contribution in [-0.4, -0.2) is 19.5 Å². The summed E-state index contributed by atoms with van der Waals surface area (Å²) in [5, 5.41) is 0. The molecule has 0 fully saturated rings. The predicted molar refractivity (Wildman–Crippen MR) is 102 cm³/mol. The Balaban J connectivity index is 0. The fourth-order valence-corrected chi connectivity index (χ4v) is 2.69. The first-order valence-electron chi connectivity index (χ1n) is 9.68. The Bertz CT molecular complexity index is 247. The van der Waals surface area contributed by atoms with E-state index in [1.807, 2.05) is 0 Å². The number of nitrogens with two attached hydrogens (primary N) is 1. The van der Waals surface area contributed by atoms with Crippen molar-refractivity contribution >= 4 is 11.0 Å². The number of hydrogen-bond donors (Lipinski definition) is 3. The van der Waals surface area contributed by atoms with Gasteiger partial charge in [0.15, 0.2) is 0 Å². The lowest BCUT2D eigenvalue weighted by Crippen LogP contribution is -1.97. The van der Waals surface area contributed by atoms with Crippen LogP contribution in [0.4, 0.5) is 0 Å². The molecule has 0 aromatic rings. The van der Waals surface area contributed by atoms with Gasteiger partial charge in [-0.2, -0.15) is 0 Å². The zero-order valence-corrected chi connectivity index (χ0v) is 16.2. The average molecular weight is 352 g/mol. The van der Waals surface area contributed by atoms with Crippen molar-refractivity contribution < 1.29 is 13.0 Å². The molecule has 4 nitrogen and oxygen atoms in total. The fraction of sp³-hybridized carbons (Fsp3) is 1.00. The van der Waals surface area contributed by atoms with Crippen LogP contribution in [0.5, 0.6) is 0 Å². The molecule has 142 valence electrons. The molecule has 0 saturated carbocycles. The second kappa shape index (κ2) is 24.1. The minimum Gasteiger partial charge on any atom is -0.330 e. The summed E-state index contributed by atoms with van der Waals surface area (Å²) in [4.78, 5) is 0. The van der Waals surface area contributed by atoms with Gasteiger partial charge in [0.2, 0.25) is 0 Å². The summed E-state index contributed by atoms with van der Waals surface area (Å²) in [6.45, 7) is 3.16. The molecule has 0 bridgehead atoms. The van der Waals surface area contributed by atoms with E-state index in [0.29, 0.717) is 0 Å². The van der Waals surface area contributed by atoms with Gasteiger partial charge in [-0.3, -0.25) is 4.55 Å². The maximum absolute atomic E-state index is 8.59. The molecule has 0 radical (unpaired) electrons. The standard InChI is InChI=1S/C18H39N.H2O3S/c1-2-3-4-5-6-7-8-9-10-11-12-13-14-15-16-17-18-19;1-4(2)3/h2-19H2,1H3;4H,(H,1,2,3). The lowest BCUT2D eigenvalue weighted by Gasteiger charge is -2.03. The quantitative estimate of drug-likeness (QED) is 0.201. The van der Waals surface area contributed by atoms with Gasteiger partial charge >= 0.3 is 0 Å². The molecule has 23 heavy (non-hydrogen) atoms. The van der Waals surface area contributed by atoms with Crippen molar-refractivity contribution in [2.45, 2.75) is 110 Å². The highest BCUT2D eigenvalue weighted by Crippen LogP contribution is 2.13. The second-order valence-corrected chi connectivity index (χ2v) is 6.81. The van der Waals surface area contributed by atoms with Gasteiger partial charge in [-0.15, -0.1) is 0 Å². The van der Waals surface area contributed by atoms with Crippen molar-refractivity contribution in [3.63, 3.8) is 0 Å². The van der Waals surface area contributed by atoms with Gasteiger partial charge in [0.25, 0.3) is 11.0 Å². The first kappa shape index (κ1) is 25.1. The van der Waals surface area contributed by atoms with E-state index in [2.05, 4.69) is 6.92 Å². The molecular formula is C18H41NO3S. The summed E-state index contributed by atoms with van der Waals surface area (Å²) < 4.78 is 24.2. The molecule has 0 saturated heterocycles. The third kappa shape index (κ3) is 34.3. The summed E-state index contributed by atoms with van der Waals surface area (Å²) >= 11 is 0. The van der Waals surface area contributed by atoms with Crippen molar-refractivity contribution in [2.75, 3.05) is 6.54 Å². The molecule has 0 aliphatic rings. The van der Waals surface area contributed by atoms with Crippen LogP contribution in [0, 0.1) is 0 Å². The third-order valence-corrected chi connectivity index (χ3v) is 4.06. The number of hydrogen-bond acceptors (Lipinski definition) is 3. The summed E-state index contributed by atoms with van der Waals surface area (Å²) in [6.07, 6.45) is 22.9. The van der Waals surface area contributed by atoms with Crippen LogP contribution < -0.4 is 5.73 Å². The smallest absolute Gasteiger partial charge is 0.254 e. The molecule has 0 amide bonds. The normalized spacial score (nSPS) is 10.6. The van der Waals surface area contributed by atoms with E-state index in [9.17, 15) is 0 Å². The number of rotatable bonds is 16. The van der Waals surface area contributed by atoms with E-state index in [1.165, 1.54) is 103 Å². The SMILES string of the molecule is CCCCCCCCCCCCCCCCCCN.O=[SH](=O)O. The van der Waals surface area contributed by atoms with Crippen molar-refractivity contribution in [3.05, 3.63) is 0 Å². The maximum atomic E-state index is 8.59. The Morgan fingerprint density at radius 1 is 0.609 bits per heavy atom. The van der Waals surface area contributed by atoms with Gasteiger partial charge < -0.3 is 5.73 Å². The monoisotopic (exact) mass is 351 g/mol. The molecule has 3 N–H and O–H groups in total. The highest BCUT2D eigenvalue weighted by Gasteiger charge is 1.94. The van der Waals surface area contributed by atoms with Crippen molar-refractivity contribution in [3.8, 4) is 0 Å². The van der Waals surface area contributed by atoms with Crippen molar-refractivity contribution in [1.82, 2.24) is 0 Å². The molecule has 0 aromatic heterocycles. The van der Waals surface area contributed by atoms with Gasteiger partial charge in [-0.1, -0.05) is 103 Å².